The molecule has 2 fully saturated rings. The molecule has 3 aliphatic heterocycles. The van der Waals surface area contributed by atoms with E-state index in [1.54, 1.807) is 9.80 Å². The number of carbonyl (C=O) groups is 2. The number of anilines is 1. The Kier molecular flexibility index (Phi) is 4.97. The summed E-state index contributed by atoms with van der Waals surface area (Å²) < 4.78 is 5.50. The summed E-state index contributed by atoms with van der Waals surface area (Å²) in [5.41, 5.74) is 9.03. The largest absolute Gasteiger partial charge is 0.444 e. The molecule has 2 saturated heterocycles. The molecule has 0 unspecified atom stereocenters. The van der Waals surface area contributed by atoms with Crippen molar-refractivity contribution in [2.24, 2.45) is 5.10 Å². The van der Waals surface area contributed by atoms with Crippen molar-refractivity contribution in [1.82, 2.24) is 26.3 Å². The average Bonchev–Trinajstić information content (AvgIpc) is 3.32. The summed E-state index contributed by atoms with van der Waals surface area (Å²) >= 11 is 0. The van der Waals surface area contributed by atoms with Gasteiger partial charge < -0.3 is 19.4 Å². The first kappa shape index (κ1) is 20.3. The van der Waals surface area contributed by atoms with Crippen molar-refractivity contribution in [2.75, 3.05) is 31.7 Å². The normalized spacial score (nSPS) is 20.9. The molecule has 162 valence electrons. The Morgan fingerprint density at radius 3 is 2.40 bits per heavy atom. The number of benzene rings is 1. The molecule has 0 saturated carbocycles. The summed E-state index contributed by atoms with van der Waals surface area (Å²) in [5.74, 6) is 0.808. The molecule has 1 spiro atoms. The first-order valence-corrected chi connectivity index (χ1v) is 10.1. The van der Waals surface area contributed by atoms with Crippen LogP contribution < -0.4 is 21.4 Å². The number of carbonyl (C=O) groups excluding carboxylic acids is 2. The fourth-order valence-electron chi connectivity index (χ4n) is 4.22. The molecule has 10 heteroatoms. The van der Waals surface area contributed by atoms with Crippen molar-refractivity contribution in [3.05, 3.63) is 29.8 Å². The summed E-state index contributed by atoms with van der Waals surface area (Å²) in [6.07, 6.45) is 0.817. The predicted octanol–water partition coefficient (Wildman–Crippen LogP) is 0.966. The van der Waals surface area contributed by atoms with E-state index in [0.717, 1.165) is 11.3 Å². The van der Waals surface area contributed by atoms with Crippen LogP contribution in [-0.4, -0.2) is 65.6 Å². The SMILES string of the molecule is CN1CN(c2ccc(C3=NNNN3)cc2)C2(CCN(C(=O)OC(C)(C)C)CC2)C1=O. The number of amides is 2. The highest BCUT2D eigenvalue weighted by atomic mass is 16.6. The zero-order valence-corrected chi connectivity index (χ0v) is 17.9. The number of nitrogens with one attached hydrogen (secondary N) is 3. The van der Waals surface area contributed by atoms with Gasteiger partial charge in [0.05, 0.1) is 6.67 Å². The second kappa shape index (κ2) is 7.35. The molecule has 3 aliphatic rings. The van der Waals surface area contributed by atoms with Crippen molar-refractivity contribution in [2.45, 2.75) is 44.8 Å². The minimum atomic E-state index is -0.638. The van der Waals surface area contributed by atoms with E-state index < -0.39 is 11.1 Å². The van der Waals surface area contributed by atoms with Gasteiger partial charge in [-0.2, -0.15) is 0 Å². The van der Waals surface area contributed by atoms with Crippen LogP contribution in [0.4, 0.5) is 10.5 Å². The van der Waals surface area contributed by atoms with Gasteiger partial charge in [0.1, 0.15) is 11.1 Å². The van der Waals surface area contributed by atoms with E-state index >= 15 is 0 Å². The van der Waals surface area contributed by atoms with E-state index in [2.05, 4.69) is 26.5 Å². The molecule has 0 aliphatic carbocycles. The summed E-state index contributed by atoms with van der Waals surface area (Å²) in [7, 11) is 1.83. The van der Waals surface area contributed by atoms with Crippen molar-refractivity contribution in [1.29, 1.82) is 0 Å². The van der Waals surface area contributed by atoms with Crippen LogP contribution in [0, 0.1) is 0 Å². The number of piperidine rings is 1. The van der Waals surface area contributed by atoms with Crippen LogP contribution in [0.25, 0.3) is 0 Å². The lowest BCUT2D eigenvalue weighted by atomic mass is 9.85. The molecule has 10 nitrogen and oxygen atoms in total. The molecule has 1 aromatic carbocycles. The number of hydrazone groups is 1. The lowest BCUT2D eigenvalue weighted by Crippen LogP contribution is -2.57. The van der Waals surface area contributed by atoms with Gasteiger partial charge in [0.15, 0.2) is 5.84 Å². The third kappa shape index (κ3) is 3.62. The van der Waals surface area contributed by atoms with Crippen LogP contribution in [0.15, 0.2) is 29.4 Å². The maximum absolute atomic E-state index is 13.2. The van der Waals surface area contributed by atoms with Crippen LogP contribution in [0.5, 0.6) is 0 Å². The van der Waals surface area contributed by atoms with Gasteiger partial charge in [-0.15, -0.1) is 10.6 Å². The Labute approximate surface area is 176 Å². The maximum Gasteiger partial charge on any atom is 0.410 e. The standard InChI is InChI=1S/C20H29N7O3/c1-19(2,3)30-18(29)26-11-9-20(10-12-26)17(28)25(4)13-27(20)15-7-5-14(6-8-15)16-21-23-24-22-16/h5-8,23-24H,9-13H2,1-4H3,(H,21,22). The lowest BCUT2D eigenvalue weighted by Gasteiger charge is -2.43. The van der Waals surface area contributed by atoms with Gasteiger partial charge in [0.25, 0.3) is 0 Å². The Bertz CT molecular complexity index is 854. The van der Waals surface area contributed by atoms with Gasteiger partial charge in [-0.25, -0.2) is 10.3 Å². The molecule has 0 aromatic heterocycles. The van der Waals surface area contributed by atoms with Crippen LogP contribution in [0.2, 0.25) is 0 Å². The molecule has 3 N–H and O–H groups in total. The highest BCUT2D eigenvalue weighted by Crippen LogP contribution is 2.39. The molecular formula is C20H29N7O3. The first-order valence-electron chi connectivity index (χ1n) is 10.1. The number of ether oxygens (including phenoxy) is 1. The molecule has 0 atom stereocenters. The number of hydrogen-bond acceptors (Lipinski definition) is 8. The number of hydrazine groups is 2. The van der Waals surface area contributed by atoms with E-state index in [0.29, 0.717) is 38.4 Å². The fraction of sp³-hybridized carbons (Fsp3) is 0.550. The molecule has 1 aromatic rings. The van der Waals surface area contributed by atoms with Gasteiger partial charge in [-0.05, 0) is 57.9 Å². The first-order chi connectivity index (χ1) is 14.2. The van der Waals surface area contributed by atoms with E-state index in [4.69, 9.17) is 4.74 Å². The molecule has 0 bridgehead atoms. The summed E-state index contributed by atoms with van der Waals surface area (Å²) in [6.45, 7) is 7.07. The second-order valence-corrected chi connectivity index (χ2v) is 8.94. The van der Waals surface area contributed by atoms with E-state index in [9.17, 15) is 9.59 Å². The fourth-order valence-corrected chi connectivity index (χ4v) is 4.22. The zero-order valence-electron chi connectivity index (χ0n) is 17.9. The number of rotatable bonds is 2. The van der Waals surface area contributed by atoms with Crippen LogP contribution >= 0.6 is 0 Å². The third-order valence-corrected chi connectivity index (χ3v) is 5.71. The van der Waals surface area contributed by atoms with Crippen molar-refractivity contribution in [3.8, 4) is 0 Å². The van der Waals surface area contributed by atoms with E-state index in [1.807, 2.05) is 52.1 Å². The van der Waals surface area contributed by atoms with E-state index in [-0.39, 0.29) is 12.0 Å². The minimum Gasteiger partial charge on any atom is -0.444 e. The second-order valence-electron chi connectivity index (χ2n) is 8.94. The molecule has 4 rings (SSSR count). The monoisotopic (exact) mass is 415 g/mol. The predicted molar refractivity (Wildman–Crippen MR) is 112 cm³/mol. The average molecular weight is 415 g/mol. The molecule has 30 heavy (non-hydrogen) atoms. The highest BCUT2D eigenvalue weighted by Gasteiger charge is 2.53. The quantitative estimate of drug-likeness (QED) is 0.662. The Morgan fingerprint density at radius 2 is 1.83 bits per heavy atom. The van der Waals surface area contributed by atoms with Crippen LogP contribution in [0.1, 0.15) is 39.2 Å². The van der Waals surface area contributed by atoms with Crippen molar-refractivity contribution >= 4 is 23.5 Å². The Balaban J connectivity index is 1.52. The van der Waals surface area contributed by atoms with Crippen molar-refractivity contribution in [3.63, 3.8) is 0 Å². The van der Waals surface area contributed by atoms with Gasteiger partial charge in [-0.3, -0.25) is 10.2 Å². The van der Waals surface area contributed by atoms with Gasteiger partial charge in [0.2, 0.25) is 5.91 Å². The third-order valence-electron chi connectivity index (χ3n) is 5.71. The van der Waals surface area contributed by atoms with Crippen molar-refractivity contribution < 1.29 is 14.3 Å². The summed E-state index contributed by atoms with van der Waals surface area (Å²) in [6, 6.07) is 7.96. The molecule has 3 heterocycles. The molecule has 2 amide bonds. The molecular weight excluding hydrogens is 386 g/mol. The number of nitrogens with zero attached hydrogens (tertiary/aromatic N) is 4. The Hall–Kier alpha value is -3.01. The van der Waals surface area contributed by atoms with Crippen LogP contribution in [-0.2, 0) is 9.53 Å². The van der Waals surface area contributed by atoms with Gasteiger partial charge >= 0.3 is 6.09 Å². The number of likely N-dealkylation sites (N-methyl/N-ethyl adjacent to an activating group) is 1. The zero-order chi connectivity index (χ0) is 21.5. The molecule has 0 radical (unpaired) electrons. The van der Waals surface area contributed by atoms with Gasteiger partial charge in [0, 0.05) is 31.4 Å². The Morgan fingerprint density at radius 1 is 1.17 bits per heavy atom. The van der Waals surface area contributed by atoms with Gasteiger partial charge in [-0.1, -0.05) is 0 Å². The maximum atomic E-state index is 13.2. The summed E-state index contributed by atoms with van der Waals surface area (Å²) in [4.78, 5) is 31.2. The highest BCUT2D eigenvalue weighted by molar-refractivity contribution is 5.99. The van der Waals surface area contributed by atoms with Crippen LogP contribution in [0.3, 0.4) is 0 Å². The number of hydrogen-bond donors (Lipinski definition) is 3. The topological polar surface area (TPSA) is 102 Å². The van der Waals surface area contributed by atoms with E-state index in [1.165, 1.54) is 0 Å². The number of amidine groups is 1. The lowest BCUT2D eigenvalue weighted by molar-refractivity contribution is -0.132. The number of likely N-dealkylation sites (tertiary alicyclic amines) is 1. The minimum absolute atomic E-state index is 0.102. The smallest absolute Gasteiger partial charge is 0.410 e. The summed E-state index contributed by atoms with van der Waals surface area (Å²) in [5, 5.41) is 4.11.